The van der Waals surface area contributed by atoms with Gasteiger partial charge in [-0.25, -0.2) is 0 Å². The lowest BCUT2D eigenvalue weighted by molar-refractivity contribution is 0.101. The van der Waals surface area contributed by atoms with Gasteiger partial charge in [0.05, 0.1) is 0 Å². The van der Waals surface area contributed by atoms with Crippen molar-refractivity contribution in [1.82, 2.24) is 10.2 Å². The fourth-order valence-electron chi connectivity index (χ4n) is 1.67. The summed E-state index contributed by atoms with van der Waals surface area (Å²) in [5.74, 6) is 0. The second-order valence-corrected chi connectivity index (χ2v) is 3.84. The maximum Gasteiger partial charge on any atom is 0.0303 e. The highest BCUT2D eigenvalue weighted by Gasteiger charge is 2.29. The zero-order valence-corrected chi connectivity index (χ0v) is 9.44. The molecule has 0 saturated heterocycles. The third-order valence-electron chi connectivity index (χ3n) is 3.07. The molecule has 0 aliphatic rings. The van der Waals surface area contributed by atoms with Gasteiger partial charge in [0.25, 0.3) is 0 Å². The van der Waals surface area contributed by atoms with Crippen LogP contribution in [0.15, 0.2) is 0 Å². The van der Waals surface area contributed by atoms with Gasteiger partial charge in [-0.05, 0) is 40.9 Å². The van der Waals surface area contributed by atoms with Crippen LogP contribution < -0.4 is 5.32 Å². The smallest absolute Gasteiger partial charge is 0.0303 e. The van der Waals surface area contributed by atoms with Crippen molar-refractivity contribution in [2.24, 2.45) is 0 Å². The number of hydrogen-bond acceptors (Lipinski definition) is 2. The number of nitrogens with zero attached hydrogens (tertiary/aromatic N) is 1. The van der Waals surface area contributed by atoms with Crippen LogP contribution in [0.4, 0.5) is 0 Å². The molecule has 0 aromatic rings. The Morgan fingerprint density at radius 2 is 1.67 bits per heavy atom. The van der Waals surface area contributed by atoms with E-state index in [4.69, 9.17) is 0 Å². The van der Waals surface area contributed by atoms with Crippen molar-refractivity contribution in [2.45, 2.75) is 46.2 Å². The van der Waals surface area contributed by atoms with Gasteiger partial charge in [-0.2, -0.15) is 0 Å². The topological polar surface area (TPSA) is 15.3 Å². The molecule has 74 valence electrons. The quantitative estimate of drug-likeness (QED) is 0.679. The van der Waals surface area contributed by atoms with Crippen molar-refractivity contribution in [3.63, 3.8) is 0 Å². The molecule has 0 amide bonds. The molecule has 0 aliphatic heterocycles. The Morgan fingerprint density at radius 1 is 1.25 bits per heavy atom. The number of nitrogens with one attached hydrogen (secondary N) is 1. The lowest BCUT2D eigenvalue weighted by Gasteiger charge is -2.41. The maximum atomic E-state index is 3.31. The van der Waals surface area contributed by atoms with Gasteiger partial charge in [0, 0.05) is 11.6 Å². The average Bonchev–Trinajstić information content (AvgIpc) is 2.04. The molecule has 0 heterocycles. The maximum absolute atomic E-state index is 3.31. The predicted octanol–water partition coefficient (Wildman–Crippen LogP) is 1.71. The molecule has 0 aromatic heterocycles. The Bertz CT molecular complexity index is 117. The average molecular weight is 172 g/mol. The van der Waals surface area contributed by atoms with E-state index in [1.165, 1.54) is 0 Å². The first kappa shape index (κ1) is 11.9. The first-order valence-corrected chi connectivity index (χ1v) is 4.92. The lowest BCUT2D eigenvalue weighted by atomic mass is 9.94. The molecule has 0 radical (unpaired) electrons. The highest BCUT2D eigenvalue weighted by atomic mass is 15.2. The van der Waals surface area contributed by atoms with Gasteiger partial charge >= 0.3 is 0 Å². The fraction of sp³-hybridized carbons (Fsp3) is 1.00. The second-order valence-electron chi connectivity index (χ2n) is 3.84. The van der Waals surface area contributed by atoms with E-state index in [1.807, 2.05) is 7.05 Å². The van der Waals surface area contributed by atoms with Gasteiger partial charge in [0.1, 0.15) is 0 Å². The number of likely N-dealkylation sites (N-methyl/N-ethyl adjacent to an activating group) is 2. The van der Waals surface area contributed by atoms with E-state index < -0.39 is 0 Å². The Labute approximate surface area is 77.3 Å². The normalized spacial score (nSPS) is 15.2. The summed E-state index contributed by atoms with van der Waals surface area (Å²) in [5, 5.41) is 3.31. The standard InChI is InChI=1S/C10H24N2/c1-7-12(8-2)10(4,5)9(3)11-6/h9,11H,7-8H2,1-6H3. The Morgan fingerprint density at radius 3 is 1.92 bits per heavy atom. The molecular formula is C10H24N2. The minimum atomic E-state index is 0.248. The van der Waals surface area contributed by atoms with Crippen LogP contribution in [0.3, 0.4) is 0 Å². The largest absolute Gasteiger partial charge is 0.315 e. The highest BCUT2D eigenvalue weighted by molar-refractivity contribution is 4.89. The number of rotatable bonds is 5. The Hall–Kier alpha value is -0.0800. The Kier molecular flexibility index (Phi) is 4.80. The zero-order chi connectivity index (χ0) is 9.78. The molecule has 12 heavy (non-hydrogen) atoms. The third-order valence-corrected chi connectivity index (χ3v) is 3.07. The SMILES string of the molecule is CCN(CC)C(C)(C)C(C)NC. The van der Waals surface area contributed by atoms with Gasteiger partial charge < -0.3 is 5.32 Å². The van der Waals surface area contributed by atoms with Crippen molar-refractivity contribution < 1.29 is 0 Å². The molecule has 0 rings (SSSR count). The van der Waals surface area contributed by atoms with Gasteiger partial charge in [-0.15, -0.1) is 0 Å². The highest BCUT2D eigenvalue weighted by Crippen LogP contribution is 2.17. The minimum absolute atomic E-state index is 0.248. The fourth-order valence-corrected chi connectivity index (χ4v) is 1.67. The van der Waals surface area contributed by atoms with E-state index in [-0.39, 0.29) is 5.54 Å². The molecule has 0 aliphatic carbocycles. The molecule has 2 heteroatoms. The first-order valence-electron chi connectivity index (χ1n) is 4.92. The lowest BCUT2D eigenvalue weighted by Crippen LogP contribution is -2.55. The summed E-state index contributed by atoms with van der Waals surface area (Å²) < 4.78 is 0. The van der Waals surface area contributed by atoms with E-state index >= 15 is 0 Å². The van der Waals surface area contributed by atoms with Crippen LogP contribution in [0.5, 0.6) is 0 Å². The van der Waals surface area contributed by atoms with Crippen molar-refractivity contribution >= 4 is 0 Å². The molecule has 0 spiro atoms. The van der Waals surface area contributed by atoms with Crippen LogP contribution >= 0.6 is 0 Å². The first-order chi connectivity index (χ1) is 5.50. The van der Waals surface area contributed by atoms with Crippen molar-refractivity contribution in [3.8, 4) is 0 Å². The number of hydrogen-bond donors (Lipinski definition) is 1. The van der Waals surface area contributed by atoms with Crippen LogP contribution in [0.2, 0.25) is 0 Å². The predicted molar refractivity (Wildman–Crippen MR) is 55.5 cm³/mol. The summed E-state index contributed by atoms with van der Waals surface area (Å²) in [6.45, 7) is 13.5. The molecule has 1 atom stereocenters. The van der Waals surface area contributed by atoms with Crippen molar-refractivity contribution in [2.75, 3.05) is 20.1 Å². The summed E-state index contributed by atoms with van der Waals surface area (Å²) >= 11 is 0. The molecular weight excluding hydrogens is 148 g/mol. The second kappa shape index (κ2) is 4.83. The minimum Gasteiger partial charge on any atom is -0.315 e. The van der Waals surface area contributed by atoms with Gasteiger partial charge in [-0.1, -0.05) is 13.8 Å². The summed E-state index contributed by atoms with van der Waals surface area (Å²) in [4.78, 5) is 2.48. The molecule has 1 N–H and O–H groups in total. The van der Waals surface area contributed by atoms with E-state index in [9.17, 15) is 0 Å². The molecule has 0 aromatic carbocycles. The summed E-state index contributed by atoms with van der Waals surface area (Å²) in [6, 6.07) is 0.525. The van der Waals surface area contributed by atoms with Crippen LogP contribution in [0, 0.1) is 0 Å². The van der Waals surface area contributed by atoms with Crippen LogP contribution in [-0.2, 0) is 0 Å². The molecule has 0 bridgehead atoms. The molecule has 0 fully saturated rings. The summed E-state index contributed by atoms with van der Waals surface area (Å²) in [6.07, 6.45) is 0. The summed E-state index contributed by atoms with van der Waals surface area (Å²) in [7, 11) is 2.02. The van der Waals surface area contributed by atoms with Crippen LogP contribution in [0.1, 0.15) is 34.6 Å². The van der Waals surface area contributed by atoms with Crippen molar-refractivity contribution in [3.05, 3.63) is 0 Å². The van der Waals surface area contributed by atoms with E-state index in [0.717, 1.165) is 13.1 Å². The van der Waals surface area contributed by atoms with Crippen molar-refractivity contribution in [1.29, 1.82) is 0 Å². The third kappa shape index (κ3) is 2.46. The van der Waals surface area contributed by atoms with Gasteiger partial charge in [-0.3, -0.25) is 4.90 Å². The van der Waals surface area contributed by atoms with Crippen LogP contribution in [-0.4, -0.2) is 36.6 Å². The molecule has 1 unspecified atom stereocenters. The van der Waals surface area contributed by atoms with E-state index in [1.54, 1.807) is 0 Å². The molecule has 2 nitrogen and oxygen atoms in total. The molecule has 0 saturated carbocycles. The Balaban J connectivity index is 4.33. The zero-order valence-electron chi connectivity index (χ0n) is 9.44. The van der Waals surface area contributed by atoms with E-state index in [0.29, 0.717) is 6.04 Å². The van der Waals surface area contributed by atoms with E-state index in [2.05, 4.69) is 44.8 Å². The summed E-state index contributed by atoms with van der Waals surface area (Å²) in [5.41, 5.74) is 0.248. The van der Waals surface area contributed by atoms with Gasteiger partial charge in [0.2, 0.25) is 0 Å². The van der Waals surface area contributed by atoms with Gasteiger partial charge in [0.15, 0.2) is 0 Å². The monoisotopic (exact) mass is 172 g/mol. The van der Waals surface area contributed by atoms with Crippen LogP contribution in [0.25, 0.3) is 0 Å².